The van der Waals surface area contributed by atoms with Crippen molar-refractivity contribution < 1.29 is 5.11 Å². The molecule has 0 unspecified atom stereocenters. The topological polar surface area (TPSA) is 54.2 Å². The van der Waals surface area contributed by atoms with Crippen LogP contribution >= 0.6 is 0 Å². The fraction of sp³-hybridized carbons (Fsp3) is 0.333. The van der Waals surface area contributed by atoms with Gasteiger partial charge in [0.2, 0.25) is 0 Å². The van der Waals surface area contributed by atoms with Gasteiger partial charge < -0.3 is 10.0 Å². The van der Waals surface area contributed by atoms with Gasteiger partial charge in [-0.3, -0.25) is 4.68 Å². The summed E-state index contributed by atoms with van der Waals surface area (Å²) in [5, 5.41) is 13.4. The molecule has 0 aliphatic carbocycles. The van der Waals surface area contributed by atoms with Crippen LogP contribution in [0.5, 0.6) is 0 Å². The van der Waals surface area contributed by atoms with Crippen molar-refractivity contribution in [2.75, 3.05) is 11.9 Å². The molecular weight excluding hydrogens is 216 g/mol. The first kappa shape index (κ1) is 11.6. The van der Waals surface area contributed by atoms with E-state index in [1.54, 1.807) is 10.9 Å². The van der Waals surface area contributed by atoms with Crippen molar-refractivity contribution >= 4 is 5.82 Å². The van der Waals surface area contributed by atoms with E-state index in [4.69, 9.17) is 0 Å². The summed E-state index contributed by atoms with van der Waals surface area (Å²) in [5.41, 5.74) is 1.95. The molecule has 0 aliphatic heterocycles. The van der Waals surface area contributed by atoms with Crippen LogP contribution in [0.2, 0.25) is 0 Å². The highest BCUT2D eigenvalue weighted by atomic mass is 16.3. The molecule has 0 saturated heterocycles. The zero-order valence-corrected chi connectivity index (χ0v) is 10.0. The first-order valence-corrected chi connectivity index (χ1v) is 5.44. The van der Waals surface area contributed by atoms with E-state index in [1.165, 1.54) is 0 Å². The predicted molar refractivity (Wildman–Crippen MR) is 65.5 cm³/mol. The van der Waals surface area contributed by atoms with Gasteiger partial charge in [0.05, 0.1) is 12.8 Å². The standard InChI is InChI=1S/C12H16N4O/c1-15(7-10-6-14-16(2)8-10)12-11(9-17)4-3-5-13-12/h3-6,8,17H,7,9H2,1-2H3. The summed E-state index contributed by atoms with van der Waals surface area (Å²) in [6, 6.07) is 3.70. The molecule has 0 spiro atoms. The largest absolute Gasteiger partial charge is 0.392 e. The molecule has 17 heavy (non-hydrogen) atoms. The maximum atomic E-state index is 9.25. The number of aliphatic hydroxyl groups is 1. The third-order valence-corrected chi connectivity index (χ3v) is 2.58. The third kappa shape index (κ3) is 2.62. The van der Waals surface area contributed by atoms with Gasteiger partial charge >= 0.3 is 0 Å². The smallest absolute Gasteiger partial charge is 0.134 e. The Kier molecular flexibility index (Phi) is 3.39. The van der Waals surface area contributed by atoms with E-state index in [1.807, 2.05) is 43.5 Å². The molecule has 0 atom stereocenters. The highest BCUT2D eigenvalue weighted by Gasteiger charge is 2.09. The van der Waals surface area contributed by atoms with Crippen LogP contribution in [0, 0.1) is 0 Å². The normalized spacial score (nSPS) is 10.5. The molecule has 0 radical (unpaired) electrons. The van der Waals surface area contributed by atoms with Gasteiger partial charge in [-0.05, 0) is 6.07 Å². The van der Waals surface area contributed by atoms with E-state index in [0.717, 1.165) is 23.5 Å². The summed E-state index contributed by atoms with van der Waals surface area (Å²) in [6.07, 6.45) is 5.53. The van der Waals surface area contributed by atoms with E-state index in [9.17, 15) is 5.11 Å². The SMILES string of the molecule is CN(Cc1cnn(C)c1)c1ncccc1CO. The molecule has 2 rings (SSSR count). The second kappa shape index (κ2) is 4.97. The first-order chi connectivity index (χ1) is 8.20. The van der Waals surface area contributed by atoms with E-state index in [2.05, 4.69) is 10.1 Å². The van der Waals surface area contributed by atoms with Gasteiger partial charge in [0.1, 0.15) is 5.82 Å². The quantitative estimate of drug-likeness (QED) is 0.852. The van der Waals surface area contributed by atoms with Crippen molar-refractivity contribution in [3.05, 3.63) is 41.9 Å². The Morgan fingerprint density at radius 3 is 2.94 bits per heavy atom. The van der Waals surface area contributed by atoms with Crippen LogP contribution in [0.4, 0.5) is 5.82 Å². The lowest BCUT2D eigenvalue weighted by atomic mass is 10.2. The third-order valence-electron chi connectivity index (χ3n) is 2.58. The van der Waals surface area contributed by atoms with Gasteiger partial charge in [-0.1, -0.05) is 6.07 Å². The second-order valence-electron chi connectivity index (χ2n) is 4.02. The number of aliphatic hydroxyl groups excluding tert-OH is 1. The predicted octanol–water partition coefficient (Wildman–Crippen LogP) is 0.944. The summed E-state index contributed by atoms with van der Waals surface area (Å²) in [5.74, 6) is 0.804. The van der Waals surface area contributed by atoms with E-state index < -0.39 is 0 Å². The monoisotopic (exact) mass is 232 g/mol. The second-order valence-corrected chi connectivity index (χ2v) is 4.02. The molecule has 90 valence electrons. The molecule has 5 nitrogen and oxygen atoms in total. The van der Waals surface area contributed by atoms with Crippen LogP contribution < -0.4 is 4.90 Å². The molecule has 0 bridgehead atoms. The lowest BCUT2D eigenvalue weighted by Crippen LogP contribution is -2.19. The maximum absolute atomic E-state index is 9.25. The Labute approximate surface area is 100 Å². The average Bonchev–Trinajstić information content (AvgIpc) is 2.74. The number of hydrogen-bond acceptors (Lipinski definition) is 4. The lowest BCUT2D eigenvalue weighted by Gasteiger charge is -2.19. The fourth-order valence-corrected chi connectivity index (χ4v) is 1.80. The Bertz CT molecular complexity index is 495. The number of anilines is 1. The number of nitrogens with zero attached hydrogens (tertiary/aromatic N) is 4. The molecule has 0 fully saturated rings. The first-order valence-electron chi connectivity index (χ1n) is 5.44. The molecule has 0 aromatic carbocycles. The van der Waals surface area contributed by atoms with Crippen molar-refractivity contribution in [3.63, 3.8) is 0 Å². The zero-order valence-electron chi connectivity index (χ0n) is 10.0. The van der Waals surface area contributed by atoms with E-state index >= 15 is 0 Å². The molecule has 2 aromatic rings. The number of rotatable bonds is 4. The van der Waals surface area contributed by atoms with Crippen LogP contribution in [-0.2, 0) is 20.2 Å². The van der Waals surface area contributed by atoms with Gasteiger partial charge in [0, 0.05) is 44.2 Å². The number of aryl methyl sites for hydroxylation is 1. The maximum Gasteiger partial charge on any atom is 0.134 e. The highest BCUT2D eigenvalue weighted by Crippen LogP contribution is 2.17. The summed E-state index contributed by atoms with van der Waals surface area (Å²) in [7, 11) is 3.85. The summed E-state index contributed by atoms with van der Waals surface area (Å²) in [6.45, 7) is 0.721. The molecule has 2 heterocycles. The van der Waals surface area contributed by atoms with Crippen LogP contribution in [0.15, 0.2) is 30.7 Å². The number of aromatic nitrogens is 3. The molecule has 5 heteroatoms. The Balaban J connectivity index is 2.16. The van der Waals surface area contributed by atoms with Crippen molar-refractivity contribution in [1.29, 1.82) is 0 Å². The van der Waals surface area contributed by atoms with Gasteiger partial charge in [0.15, 0.2) is 0 Å². The van der Waals surface area contributed by atoms with Gasteiger partial charge in [-0.15, -0.1) is 0 Å². The molecule has 0 saturated carbocycles. The molecule has 2 aromatic heterocycles. The van der Waals surface area contributed by atoms with Gasteiger partial charge in [-0.2, -0.15) is 5.10 Å². The Morgan fingerprint density at radius 2 is 2.29 bits per heavy atom. The van der Waals surface area contributed by atoms with Crippen molar-refractivity contribution in [2.24, 2.45) is 7.05 Å². The van der Waals surface area contributed by atoms with Crippen LogP contribution in [0.1, 0.15) is 11.1 Å². The summed E-state index contributed by atoms with van der Waals surface area (Å²) in [4.78, 5) is 6.29. The lowest BCUT2D eigenvalue weighted by molar-refractivity contribution is 0.281. The molecule has 0 amide bonds. The van der Waals surface area contributed by atoms with Crippen molar-refractivity contribution in [1.82, 2.24) is 14.8 Å². The highest BCUT2D eigenvalue weighted by molar-refractivity contribution is 5.45. The minimum Gasteiger partial charge on any atom is -0.392 e. The van der Waals surface area contributed by atoms with Gasteiger partial charge in [0.25, 0.3) is 0 Å². The Hall–Kier alpha value is -1.88. The van der Waals surface area contributed by atoms with Crippen LogP contribution in [-0.4, -0.2) is 26.9 Å². The minimum absolute atomic E-state index is 0.000549. The van der Waals surface area contributed by atoms with E-state index in [0.29, 0.717) is 0 Å². The zero-order chi connectivity index (χ0) is 12.3. The molecule has 1 N–H and O–H groups in total. The average molecular weight is 232 g/mol. The summed E-state index contributed by atoms with van der Waals surface area (Å²) < 4.78 is 1.77. The molecular formula is C12H16N4O. The van der Waals surface area contributed by atoms with Gasteiger partial charge in [-0.25, -0.2) is 4.98 Å². The number of hydrogen-bond donors (Lipinski definition) is 1. The van der Waals surface area contributed by atoms with Crippen LogP contribution in [0.3, 0.4) is 0 Å². The van der Waals surface area contributed by atoms with Crippen molar-refractivity contribution in [2.45, 2.75) is 13.2 Å². The van der Waals surface area contributed by atoms with Crippen molar-refractivity contribution in [3.8, 4) is 0 Å². The van der Waals surface area contributed by atoms with Crippen LogP contribution in [0.25, 0.3) is 0 Å². The molecule has 0 aliphatic rings. The number of pyridine rings is 1. The van der Waals surface area contributed by atoms with E-state index in [-0.39, 0.29) is 6.61 Å². The summed E-state index contributed by atoms with van der Waals surface area (Å²) >= 11 is 0. The minimum atomic E-state index is 0.000549. The Morgan fingerprint density at radius 1 is 1.47 bits per heavy atom. The fourth-order valence-electron chi connectivity index (χ4n) is 1.80.